The summed E-state index contributed by atoms with van der Waals surface area (Å²) in [6, 6.07) is 2.10. The van der Waals surface area contributed by atoms with Crippen molar-refractivity contribution in [2.45, 2.75) is 17.9 Å². The van der Waals surface area contributed by atoms with Crippen molar-refractivity contribution in [2.75, 3.05) is 13.7 Å². The Kier molecular flexibility index (Phi) is 5.79. The maximum Gasteiger partial charge on any atom is 0.251 e. The molecule has 1 atom stereocenters. The number of sulfonamides is 1. The van der Waals surface area contributed by atoms with E-state index in [4.69, 9.17) is 33.1 Å². The van der Waals surface area contributed by atoms with Crippen molar-refractivity contribution in [2.24, 2.45) is 5.14 Å². The number of hydrogen-bond donors (Lipinski definition) is 2. The number of benzene rings is 1. The summed E-state index contributed by atoms with van der Waals surface area (Å²) in [5.41, 5.74) is 0.0476. The van der Waals surface area contributed by atoms with Gasteiger partial charge in [0.2, 0.25) is 10.0 Å². The number of methoxy groups -OCH3 is 1. The van der Waals surface area contributed by atoms with E-state index in [1.807, 2.05) is 0 Å². The lowest BCUT2D eigenvalue weighted by atomic mass is 10.2. The molecule has 0 aliphatic rings. The quantitative estimate of drug-likeness (QED) is 0.846. The lowest BCUT2D eigenvalue weighted by Crippen LogP contribution is -2.35. The van der Waals surface area contributed by atoms with Crippen molar-refractivity contribution in [3.05, 3.63) is 27.7 Å². The first-order chi connectivity index (χ1) is 9.16. The van der Waals surface area contributed by atoms with Crippen LogP contribution in [0.2, 0.25) is 10.0 Å². The van der Waals surface area contributed by atoms with E-state index in [2.05, 4.69) is 5.32 Å². The Morgan fingerprint density at radius 2 is 2.05 bits per heavy atom. The van der Waals surface area contributed by atoms with Crippen molar-refractivity contribution in [3.63, 3.8) is 0 Å². The zero-order valence-corrected chi connectivity index (χ0v) is 13.1. The van der Waals surface area contributed by atoms with Gasteiger partial charge in [0.25, 0.3) is 5.91 Å². The predicted molar refractivity (Wildman–Crippen MR) is 76.6 cm³/mol. The molecule has 1 aromatic carbocycles. The normalized spacial score (nSPS) is 13.1. The summed E-state index contributed by atoms with van der Waals surface area (Å²) >= 11 is 11.6. The molecule has 0 saturated heterocycles. The molecule has 0 aliphatic heterocycles. The number of carbonyl (C=O) groups is 1. The van der Waals surface area contributed by atoms with Gasteiger partial charge in [0.1, 0.15) is 4.90 Å². The molecule has 9 heteroatoms. The molecular weight excluding hydrogens is 327 g/mol. The van der Waals surface area contributed by atoms with Crippen molar-refractivity contribution < 1.29 is 17.9 Å². The van der Waals surface area contributed by atoms with Gasteiger partial charge >= 0.3 is 0 Å². The number of hydrogen-bond acceptors (Lipinski definition) is 4. The number of amides is 1. The minimum atomic E-state index is -4.07. The Labute approximate surface area is 127 Å². The zero-order chi connectivity index (χ0) is 15.5. The molecular formula is C11H14Cl2N2O4S. The first-order valence-corrected chi connectivity index (χ1v) is 7.78. The lowest BCUT2D eigenvalue weighted by molar-refractivity contribution is 0.0905. The van der Waals surface area contributed by atoms with Crippen molar-refractivity contribution in [1.82, 2.24) is 5.32 Å². The molecule has 0 saturated carbocycles. The molecule has 6 nitrogen and oxygen atoms in total. The van der Waals surface area contributed by atoms with E-state index in [-0.39, 0.29) is 21.7 Å². The summed E-state index contributed by atoms with van der Waals surface area (Å²) in [6.45, 7) is 2.05. The highest BCUT2D eigenvalue weighted by atomic mass is 35.5. The highest BCUT2D eigenvalue weighted by Crippen LogP contribution is 2.30. The third-order valence-corrected chi connectivity index (χ3v) is 4.21. The van der Waals surface area contributed by atoms with E-state index in [1.54, 1.807) is 6.92 Å². The van der Waals surface area contributed by atoms with Gasteiger partial charge in [0, 0.05) is 18.7 Å². The van der Waals surface area contributed by atoms with Crippen LogP contribution in [0.1, 0.15) is 17.3 Å². The number of halogens is 2. The Bertz CT molecular complexity index is 619. The Balaban J connectivity index is 3.15. The fourth-order valence-corrected chi connectivity index (χ4v) is 2.86. The molecule has 0 aliphatic carbocycles. The van der Waals surface area contributed by atoms with Crippen LogP contribution in [0.3, 0.4) is 0 Å². The second-order valence-electron chi connectivity index (χ2n) is 4.15. The minimum absolute atomic E-state index is 0.0476. The van der Waals surface area contributed by atoms with Crippen LogP contribution in [0.5, 0.6) is 0 Å². The standard InChI is InChI=1S/C11H14Cl2N2O4S/c1-6(5-19-2)15-11(16)7-3-8(12)10(13)9(4-7)20(14,17)18/h3-4,6H,5H2,1-2H3,(H,15,16)(H2,14,17,18). The van der Waals surface area contributed by atoms with Crippen LogP contribution in [-0.2, 0) is 14.8 Å². The molecule has 0 aromatic heterocycles. The molecule has 20 heavy (non-hydrogen) atoms. The van der Waals surface area contributed by atoms with Crippen LogP contribution in [0.15, 0.2) is 17.0 Å². The number of carbonyl (C=O) groups excluding carboxylic acids is 1. The number of primary sulfonamides is 1. The first-order valence-electron chi connectivity index (χ1n) is 5.48. The second kappa shape index (κ2) is 6.73. The van der Waals surface area contributed by atoms with Crippen molar-refractivity contribution >= 4 is 39.1 Å². The van der Waals surface area contributed by atoms with Gasteiger partial charge in [-0.3, -0.25) is 4.79 Å². The minimum Gasteiger partial charge on any atom is -0.383 e. The number of rotatable bonds is 5. The molecule has 0 radical (unpaired) electrons. The molecule has 1 unspecified atom stereocenters. The Morgan fingerprint density at radius 3 is 2.55 bits per heavy atom. The van der Waals surface area contributed by atoms with E-state index in [1.165, 1.54) is 13.2 Å². The molecule has 0 fully saturated rings. The number of nitrogens with two attached hydrogens (primary N) is 1. The van der Waals surface area contributed by atoms with Crippen molar-refractivity contribution in [1.29, 1.82) is 0 Å². The highest BCUT2D eigenvalue weighted by Gasteiger charge is 2.20. The smallest absolute Gasteiger partial charge is 0.251 e. The largest absolute Gasteiger partial charge is 0.383 e. The van der Waals surface area contributed by atoms with Gasteiger partial charge in [-0.05, 0) is 19.1 Å². The summed E-state index contributed by atoms with van der Waals surface area (Å²) < 4.78 is 27.7. The van der Waals surface area contributed by atoms with Gasteiger partial charge in [0.05, 0.1) is 16.7 Å². The van der Waals surface area contributed by atoms with Crippen molar-refractivity contribution in [3.8, 4) is 0 Å². The molecule has 1 rings (SSSR count). The van der Waals surface area contributed by atoms with E-state index >= 15 is 0 Å². The van der Waals surface area contributed by atoms with Gasteiger partial charge in [-0.2, -0.15) is 0 Å². The van der Waals surface area contributed by atoms with E-state index in [0.717, 1.165) is 6.07 Å². The highest BCUT2D eigenvalue weighted by molar-refractivity contribution is 7.89. The average Bonchev–Trinajstić information content (AvgIpc) is 2.30. The molecule has 0 heterocycles. The molecule has 0 spiro atoms. The third kappa shape index (κ3) is 4.32. The fourth-order valence-electron chi connectivity index (χ4n) is 1.50. The maximum absolute atomic E-state index is 12.0. The molecule has 3 N–H and O–H groups in total. The summed E-state index contributed by atoms with van der Waals surface area (Å²) in [5.74, 6) is -0.502. The van der Waals surface area contributed by atoms with Gasteiger partial charge < -0.3 is 10.1 Å². The molecule has 112 valence electrons. The van der Waals surface area contributed by atoms with Crippen LogP contribution >= 0.6 is 23.2 Å². The predicted octanol–water partition coefficient (Wildman–Crippen LogP) is 1.41. The van der Waals surface area contributed by atoms with Crippen LogP contribution in [0.25, 0.3) is 0 Å². The van der Waals surface area contributed by atoms with Crippen LogP contribution < -0.4 is 10.5 Å². The lowest BCUT2D eigenvalue weighted by Gasteiger charge is -2.14. The van der Waals surface area contributed by atoms with Gasteiger partial charge in [-0.25, -0.2) is 13.6 Å². The van der Waals surface area contributed by atoms with E-state index in [0.29, 0.717) is 6.61 Å². The Hall–Kier alpha value is -0.860. The fraction of sp³-hybridized carbons (Fsp3) is 0.364. The van der Waals surface area contributed by atoms with Gasteiger partial charge in [-0.15, -0.1) is 0 Å². The molecule has 1 aromatic rings. The monoisotopic (exact) mass is 340 g/mol. The number of ether oxygens (including phenoxy) is 1. The third-order valence-electron chi connectivity index (χ3n) is 2.36. The average molecular weight is 341 g/mol. The van der Waals surface area contributed by atoms with Gasteiger partial charge in [0.15, 0.2) is 0 Å². The summed E-state index contributed by atoms with van der Waals surface area (Å²) in [6.07, 6.45) is 0. The van der Waals surface area contributed by atoms with Gasteiger partial charge in [-0.1, -0.05) is 23.2 Å². The number of nitrogens with one attached hydrogen (secondary N) is 1. The van der Waals surface area contributed by atoms with Crippen LogP contribution in [0.4, 0.5) is 0 Å². The zero-order valence-electron chi connectivity index (χ0n) is 10.8. The summed E-state index contributed by atoms with van der Waals surface area (Å²) in [5, 5.41) is 7.36. The summed E-state index contributed by atoms with van der Waals surface area (Å²) in [7, 11) is -2.57. The Morgan fingerprint density at radius 1 is 1.45 bits per heavy atom. The van der Waals surface area contributed by atoms with Crippen LogP contribution in [0, 0.1) is 0 Å². The van der Waals surface area contributed by atoms with E-state index < -0.39 is 20.8 Å². The SMILES string of the molecule is COCC(C)NC(=O)c1cc(Cl)c(Cl)c(S(N)(=O)=O)c1. The van der Waals surface area contributed by atoms with E-state index in [9.17, 15) is 13.2 Å². The molecule has 0 bridgehead atoms. The first kappa shape index (κ1) is 17.2. The summed E-state index contributed by atoms with van der Waals surface area (Å²) in [4.78, 5) is 11.6. The maximum atomic E-state index is 12.0. The van der Waals surface area contributed by atoms with Crippen LogP contribution in [-0.4, -0.2) is 34.1 Å². The topological polar surface area (TPSA) is 98.5 Å². The second-order valence-corrected chi connectivity index (χ2v) is 6.46. The molecule has 1 amide bonds.